The fourth-order valence-electron chi connectivity index (χ4n) is 2.89. The summed E-state index contributed by atoms with van der Waals surface area (Å²) in [7, 11) is -3.75. The molecule has 3 aromatic carbocycles. The van der Waals surface area contributed by atoms with E-state index in [9.17, 15) is 13.2 Å². The Morgan fingerprint density at radius 1 is 1.03 bits per heavy atom. The lowest BCUT2D eigenvalue weighted by Gasteiger charge is -2.21. The van der Waals surface area contributed by atoms with Gasteiger partial charge in [-0.15, -0.1) is 0 Å². The van der Waals surface area contributed by atoms with Crippen LogP contribution in [0, 0.1) is 6.92 Å². The van der Waals surface area contributed by atoms with Crippen LogP contribution in [-0.2, 0) is 21.4 Å². The van der Waals surface area contributed by atoms with Crippen molar-refractivity contribution in [3.05, 3.63) is 93.5 Å². The van der Waals surface area contributed by atoms with E-state index in [2.05, 4.69) is 10.5 Å². The first kappa shape index (κ1) is 25.6. The third kappa shape index (κ3) is 7.48. The van der Waals surface area contributed by atoms with Crippen LogP contribution in [0.3, 0.4) is 0 Å². The number of carbonyl (C=O) groups excluding carboxylic acids is 1. The Bertz CT molecular complexity index is 1280. The van der Waals surface area contributed by atoms with Gasteiger partial charge >= 0.3 is 0 Å². The van der Waals surface area contributed by atoms with Crippen LogP contribution in [0.25, 0.3) is 0 Å². The van der Waals surface area contributed by atoms with E-state index in [-0.39, 0.29) is 15.7 Å². The lowest BCUT2D eigenvalue weighted by Crippen LogP contribution is -2.39. The summed E-state index contributed by atoms with van der Waals surface area (Å²) in [5.41, 5.74) is 5.54. The highest BCUT2D eigenvalue weighted by atomic mass is 35.5. The molecule has 0 saturated carbocycles. The number of sulfonamides is 1. The van der Waals surface area contributed by atoms with Crippen molar-refractivity contribution in [2.24, 2.45) is 5.10 Å². The average Bonchev–Trinajstić information content (AvgIpc) is 2.79. The van der Waals surface area contributed by atoms with Crippen molar-refractivity contribution in [2.45, 2.75) is 13.5 Å². The molecule has 0 bridgehead atoms. The lowest BCUT2D eigenvalue weighted by atomic mass is 10.2. The summed E-state index contributed by atoms with van der Waals surface area (Å²) < 4.78 is 31.0. The summed E-state index contributed by atoms with van der Waals surface area (Å²) in [6.07, 6.45) is 2.44. The van der Waals surface area contributed by atoms with E-state index >= 15 is 0 Å². The number of hydrogen-bond acceptors (Lipinski definition) is 5. The van der Waals surface area contributed by atoms with Gasteiger partial charge in [-0.3, -0.25) is 9.10 Å². The standard InChI is InChI=1S/C24H23Cl2N3O4S/c1-17-3-5-19(6-4-17)16-33-21-10-7-18(8-11-21)14-27-28-24(30)15-29(34(2,31)32)20-9-12-22(25)23(26)13-20/h3-14H,15-16H2,1-2H3,(H,28,30)/b27-14+. The monoisotopic (exact) mass is 519 g/mol. The van der Waals surface area contributed by atoms with Crippen molar-refractivity contribution in [1.29, 1.82) is 0 Å². The highest BCUT2D eigenvalue weighted by Gasteiger charge is 2.21. The maximum Gasteiger partial charge on any atom is 0.260 e. The highest BCUT2D eigenvalue weighted by Crippen LogP contribution is 2.28. The van der Waals surface area contributed by atoms with Crippen molar-refractivity contribution in [3.63, 3.8) is 0 Å². The first-order valence-electron chi connectivity index (χ1n) is 10.1. The molecule has 0 aliphatic rings. The first-order chi connectivity index (χ1) is 16.1. The van der Waals surface area contributed by atoms with E-state index in [0.717, 1.165) is 21.7 Å². The predicted octanol–water partition coefficient (Wildman–Crippen LogP) is 4.80. The number of halogens is 2. The van der Waals surface area contributed by atoms with Gasteiger partial charge in [0.15, 0.2) is 0 Å². The Hall–Kier alpha value is -3.07. The van der Waals surface area contributed by atoms with E-state index < -0.39 is 22.5 Å². The lowest BCUT2D eigenvalue weighted by molar-refractivity contribution is -0.119. The van der Waals surface area contributed by atoms with Gasteiger partial charge in [0.05, 0.1) is 28.2 Å². The molecule has 0 aliphatic heterocycles. The molecule has 0 spiro atoms. The molecule has 0 unspecified atom stereocenters. The smallest absolute Gasteiger partial charge is 0.260 e. The summed E-state index contributed by atoms with van der Waals surface area (Å²) in [6.45, 7) is 2.02. The molecule has 3 aromatic rings. The number of aryl methyl sites for hydroxylation is 1. The molecule has 1 amide bonds. The van der Waals surface area contributed by atoms with Crippen molar-refractivity contribution >= 4 is 51.0 Å². The van der Waals surface area contributed by atoms with Gasteiger partial charge in [0, 0.05) is 0 Å². The number of rotatable bonds is 9. The summed E-state index contributed by atoms with van der Waals surface area (Å²) >= 11 is 11.9. The SMILES string of the molecule is Cc1ccc(COc2ccc(/C=N/NC(=O)CN(c3ccc(Cl)c(Cl)c3)S(C)(=O)=O)cc2)cc1. The van der Waals surface area contributed by atoms with Gasteiger partial charge in [-0.2, -0.15) is 5.10 Å². The van der Waals surface area contributed by atoms with Crippen LogP contribution >= 0.6 is 23.2 Å². The topological polar surface area (TPSA) is 88.1 Å². The van der Waals surface area contributed by atoms with Crippen LogP contribution in [0.2, 0.25) is 10.0 Å². The molecule has 0 radical (unpaired) electrons. The fourth-order valence-corrected chi connectivity index (χ4v) is 4.03. The van der Waals surface area contributed by atoms with Gasteiger partial charge in [0.2, 0.25) is 10.0 Å². The first-order valence-corrected chi connectivity index (χ1v) is 12.8. The third-order valence-corrected chi connectivity index (χ3v) is 6.57. The Labute approximate surface area is 209 Å². The molecule has 0 fully saturated rings. The number of benzene rings is 3. The maximum atomic E-state index is 12.3. The van der Waals surface area contributed by atoms with Crippen LogP contribution in [0.4, 0.5) is 5.69 Å². The predicted molar refractivity (Wildman–Crippen MR) is 136 cm³/mol. The third-order valence-electron chi connectivity index (χ3n) is 4.69. The number of amides is 1. The molecule has 0 saturated heterocycles. The number of nitrogens with zero attached hydrogens (tertiary/aromatic N) is 2. The summed E-state index contributed by atoms with van der Waals surface area (Å²) in [6, 6.07) is 19.6. The van der Waals surface area contributed by atoms with E-state index in [0.29, 0.717) is 12.4 Å². The Kier molecular flexibility index (Phi) is 8.55. The average molecular weight is 520 g/mol. The number of ether oxygens (including phenoxy) is 1. The van der Waals surface area contributed by atoms with Gasteiger partial charge in [-0.25, -0.2) is 13.8 Å². The Morgan fingerprint density at radius 2 is 1.71 bits per heavy atom. The highest BCUT2D eigenvalue weighted by molar-refractivity contribution is 7.92. The van der Waals surface area contributed by atoms with Gasteiger partial charge in [0.1, 0.15) is 18.9 Å². The van der Waals surface area contributed by atoms with Gasteiger partial charge in [0.25, 0.3) is 5.91 Å². The zero-order valence-electron chi connectivity index (χ0n) is 18.5. The number of anilines is 1. The Morgan fingerprint density at radius 3 is 2.32 bits per heavy atom. The molecular weight excluding hydrogens is 497 g/mol. The van der Waals surface area contributed by atoms with Crippen molar-refractivity contribution in [1.82, 2.24) is 5.43 Å². The second-order valence-corrected chi connectivity index (χ2v) is 10.2. The van der Waals surface area contributed by atoms with E-state index in [4.69, 9.17) is 27.9 Å². The normalized spacial score (nSPS) is 11.4. The molecular formula is C24H23Cl2N3O4S. The maximum absolute atomic E-state index is 12.3. The summed E-state index contributed by atoms with van der Waals surface area (Å²) in [5.74, 6) is 0.0815. The number of hydrazone groups is 1. The van der Waals surface area contributed by atoms with Crippen molar-refractivity contribution in [3.8, 4) is 5.75 Å². The molecule has 1 N–H and O–H groups in total. The van der Waals surface area contributed by atoms with Gasteiger partial charge < -0.3 is 4.74 Å². The van der Waals surface area contributed by atoms with Crippen LogP contribution in [-0.4, -0.2) is 33.3 Å². The molecule has 178 valence electrons. The Balaban J connectivity index is 1.55. The van der Waals surface area contributed by atoms with Gasteiger partial charge in [-0.05, 0) is 60.5 Å². The van der Waals surface area contributed by atoms with Crippen LogP contribution in [0.1, 0.15) is 16.7 Å². The molecule has 10 heteroatoms. The van der Waals surface area contributed by atoms with E-state index in [1.165, 1.54) is 30.0 Å². The molecule has 0 atom stereocenters. The zero-order valence-corrected chi connectivity index (χ0v) is 20.9. The van der Waals surface area contributed by atoms with Crippen LogP contribution in [0.15, 0.2) is 71.8 Å². The van der Waals surface area contributed by atoms with Crippen LogP contribution in [0.5, 0.6) is 5.75 Å². The molecule has 0 heterocycles. The quantitative estimate of drug-likeness (QED) is 0.325. The molecule has 7 nitrogen and oxygen atoms in total. The zero-order chi connectivity index (χ0) is 24.7. The molecule has 3 rings (SSSR count). The number of hydrogen-bond donors (Lipinski definition) is 1. The van der Waals surface area contributed by atoms with Crippen molar-refractivity contribution < 1.29 is 17.9 Å². The number of carbonyl (C=O) groups is 1. The largest absolute Gasteiger partial charge is 0.489 e. The minimum atomic E-state index is -3.75. The molecule has 0 aliphatic carbocycles. The second kappa shape index (κ2) is 11.4. The molecule has 0 aromatic heterocycles. The van der Waals surface area contributed by atoms with E-state index in [1.54, 1.807) is 24.3 Å². The minimum Gasteiger partial charge on any atom is -0.489 e. The summed E-state index contributed by atoms with van der Waals surface area (Å²) in [5, 5.41) is 4.36. The van der Waals surface area contributed by atoms with Gasteiger partial charge in [-0.1, -0.05) is 53.0 Å². The summed E-state index contributed by atoms with van der Waals surface area (Å²) in [4.78, 5) is 12.3. The van der Waals surface area contributed by atoms with Crippen molar-refractivity contribution in [2.75, 3.05) is 17.1 Å². The second-order valence-electron chi connectivity index (χ2n) is 7.50. The fraction of sp³-hybridized carbons (Fsp3) is 0.167. The van der Waals surface area contributed by atoms with E-state index in [1.807, 2.05) is 31.2 Å². The minimum absolute atomic E-state index is 0.178. The van der Waals surface area contributed by atoms with Crippen LogP contribution < -0.4 is 14.5 Å². The number of nitrogens with one attached hydrogen (secondary N) is 1. The molecule has 34 heavy (non-hydrogen) atoms.